The highest BCUT2D eigenvalue weighted by Gasteiger charge is 2.24. The summed E-state index contributed by atoms with van der Waals surface area (Å²) in [6, 6.07) is 4.48. The van der Waals surface area contributed by atoms with Gasteiger partial charge in [0.15, 0.2) is 0 Å². The van der Waals surface area contributed by atoms with E-state index in [-0.39, 0.29) is 5.91 Å². The average molecular weight is 286 g/mol. The number of hydrogen-bond donors (Lipinski definition) is 1. The van der Waals surface area contributed by atoms with Crippen LogP contribution in [0.15, 0.2) is 22.8 Å². The maximum atomic E-state index is 12.4. The third-order valence-electron chi connectivity index (χ3n) is 4.59. The fourth-order valence-corrected chi connectivity index (χ4v) is 2.93. The fourth-order valence-electron chi connectivity index (χ4n) is 2.93. The molecule has 1 saturated heterocycles. The number of nitrogens with one attached hydrogen (secondary N) is 1. The van der Waals surface area contributed by atoms with Gasteiger partial charge in [0.2, 0.25) is 5.91 Å². The second-order valence-corrected chi connectivity index (χ2v) is 6.02. The van der Waals surface area contributed by atoms with E-state index in [9.17, 15) is 4.79 Å². The molecule has 1 N–H and O–H groups in total. The number of fused-ring (bicyclic) bond motifs is 1. The maximum Gasteiger partial charge on any atom is 0.227 e. The Morgan fingerprint density at radius 1 is 1.38 bits per heavy atom. The number of carbonyl (C=O) groups excluding carboxylic acids is 1. The predicted octanol–water partition coefficient (Wildman–Crippen LogP) is 2.41. The van der Waals surface area contributed by atoms with Crippen molar-refractivity contribution in [2.45, 2.75) is 32.7 Å². The standard InChI is InChI=1S/C17H22N2O2/c1-11-6-15-13(10-21-16(15)7-12(11)2)8-17(20)19(3)14-4-5-18-9-14/h6-7,10,14,18H,4-5,8-9H2,1-3H3. The molecule has 1 amide bonds. The van der Waals surface area contributed by atoms with Crippen LogP contribution in [0.4, 0.5) is 0 Å². The van der Waals surface area contributed by atoms with E-state index in [4.69, 9.17) is 4.42 Å². The Morgan fingerprint density at radius 3 is 2.86 bits per heavy atom. The fraction of sp³-hybridized carbons (Fsp3) is 0.471. The van der Waals surface area contributed by atoms with Gasteiger partial charge in [0.05, 0.1) is 12.7 Å². The monoisotopic (exact) mass is 286 g/mol. The van der Waals surface area contributed by atoms with Crippen LogP contribution in [0.2, 0.25) is 0 Å². The quantitative estimate of drug-likeness (QED) is 0.942. The summed E-state index contributed by atoms with van der Waals surface area (Å²) in [4.78, 5) is 14.3. The number of likely N-dealkylation sites (N-methyl/N-ethyl adjacent to an activating group) is 1. The molecule has 4 nitrogen and oxygen atoms in total. The molecule has 0 aliphatic carbocycles. The number of benzene rings is 1. The summed E-state index contributed by atoms with van der Waals surface area (Å²) in [6.45, 7) is 6.05. The number of rotatable bonds is 3. The predicted molar refractivity (Wildman–Crippen MR) is 83.4 cm³/mol. The molecule has 0 bridgehead atoms. The van der Waals surface area contributed by atoms with Crippen molar-refractivity contribution in [3.63, 3.8) is 0 Å². The summed E-state index contributed by atoms with van der Waals surface area (Å²) in [5.41, 5.74) is 4.29. The van der Waals surface area contributed by atoms with Crippen LogP contribution in [0.3, 0.4) is 0 Å². The number of hydrogen-bond acceptors (Lipinski definition) is 3. The first kappa shape index (κ1) is 14.1. The van der Waals surface area contributed by atoms with Gasteiger partial charge in [-0.05, 0) is 50.1 Å². The smallest absolute Gasteiger partial charge is 0.227 e. The van der Waals surface area contributed by atoms with Gasteiger partial charge < -0.3 is 14.6 Å². The lowest BCUT2D eigenvalue weighted by atomic mass is 10.0. The minimum Gasteiger partial charge on any atom is -0.464 e. The van der Waals surface area contributed by atoms with Crippen LogP contribution < -0.4 is 5.32 Å². The maximum absolute atomic E-state index is 12.4. The number of amides is 1. The molecule has 1 aliphatic heterocycles. The van der Waals surface area contributed by atoms with Gasteiger partial charge in [-0.3, -0.25) is 4.79 Å². The van der Waals surface area contributed by atoms with E-state index in [0.29, 0.717) is 12.5 Å². The lowest BCUT2D eigenvalue weighted by Crippen LogP contribution is -2.39. The van der Waals surface area contributed by atoms with Gasteiger partial charge in [0.1, 0.15) is 5.58 Å². The zero-order valence-corrected chi connectivity index (χ0v) is 12.9. The Hall–Kier alpha value is -1.81. The summed E-state index contributed by atoms with van der Waals surface area (Å²) in [5, 5.41) is 4.36. The molecule has 112 valence electrons. The van der Waals surface area contributed by atoms with Gasteiger partial charge in [-0.25, -0.2) is 0 Å². The van der Waals surface area contributed by atoms with E-state index < -0.39 is 0 Å². The molecule has 1 fully saturated rings. The van der Waals surface area contributed by atoms with Gasteiger partial charge in [0, 0.05) is 30.6 Å². The normalized spacial score (nSPS) is 18.3. The van der Waals surface area contributed by atoms with E-state index in [1.807, 2.05) is 18.0 Å². The first-order chi connectivity index (χ1) is 10.1. The summed E-state index contributed by atoms with van der Waals surface area (Å²) in [7, 11) is 1.90. The largest absolute Gasteiger partial charge is 0.464 e. The molecule has 1 aliphatic rings. The third kappa shape index (κ3) is 2.68. The van der Waals surface area contributed by atoms with Crippen LogP contribution in [0.25, 0.3) is 11.0 Å². The molecule has 2 aromatic rings. The second-order valence-electron chi connectivity index (χ2n) is 6.02. The Morgan fingerprint density at radius 2 is 2.14 bits per heavy atom. The van der Waals surface area contributed by atoms with Crippen molar-refractivity contribution in [3.05, 3.63) is 35.1 Å². The Labute approximate surface area is 125 Å². The highest BCUT2D eigenvalue weighted by atomic mass is 16.3. The molecule has 1 aromatic carbocycles. The van der Waals surface area contributed by atoms with Crippen LogP contribution in [0, 0.1) is 13.8 Å². The van der Waals surface area contributed by atoms with E-state index in [2.05, 4.69) is 25.2 Å². The number of furan rings is 1. The molecular formula is C17H22N2O2. The zero-order valence-electron chi connectivity index (χ0n) is 12.9. The van der Waals surface area contributed by atoms with Gasteiger partial charge in [-0.2, -0.15) is 0 Å². The van der Waals surface area contributed by atoms with Crippen molar-refractivity contribution in [1.29, 1.82) is 0 Å². The van der Waals surface area contributed by atoms with Gasteiger partial charge in [-0.15, -0.1) is 0 Å². The third-order valence-corrected chi connectivity index (χ3v) is 4.59. The molecule has 21 heavy (non-hydrogen) atoms. The molecule has 2 heterocycles. The molecule has 0 saturated carbocycles. The van der Waals surface area contributed by atoms with Crippen LogP contribution in [-0.4, -0.2) is 37.0 Å². The van der Waals surface area contributed by atoms with Gasteiger partial charge in [-0.1, -0.05) is 0 Å². The van der Waals surface area contributed by atoms with Crippen molar-refractivity contribution in [2.24, 2.45) is 0 Å². The number of carbonyl (C=O) groups is 1. The zero-order chi connectivity index (χ0) is 15.0. The molecule has 1 unspecified atom stereocenters. The van der Waals surface area contributed by atoms with E-state index in [1.54, 1.807) is 6.26 Å². The number of aryl methyl sites for hydroxylation is 2. The lowest BCUT2D eigenvalue weighted by Gasteiger charge is -2.23. The van der Waals surface area contributed by atoms with Gasteiger partial charge >= 0.3 is 0 Å². The van der Waals surface area contributed by atoms with Gasteiger partial charge in [0.25, 0.3) is 0 Å². The number of nitrogens with zero attached hydrogens (tertiary/aromatic N) is 1. The highest BCUT2D eigenvalue weighted by Crippen LogP contribution is 2.25. The topological polar surface area (TPSA) is 45.5 Å². The summed E-state index contributed by atoms with van der Waals surface area (Å²) in [5.74, 6) is 0.157. The van der Waals surface area contributed by atoms with Crippen molar-refractivity contribution in [1.82, 2.24) is 10.2 Å². The summed E-state index contributed by atoms with van der Waals surface area (Å²) < 4.78 is 5.61. The molecule has 1 atom stereocenters. The first-order valence-corrected chi connectivity index (χ1v) is 7.50. The van der Waals surface area contributed by atoms with Crippen molar-refractivity contribution >= 4 is 16.9 Å². The van der Waals surface area contributed by atoms with E-state index in [1.165, 1.54) is 11.1 Å². The second kappa shape index (κ2) is 5.53. The SMILES string of the molecule is Cc1cc2occ(CC(=O)N(C)C3CCNC3)c2cc1C. The van der Waals surface area contributed by atoms with Crippen LogP contribution in [-0.2, 0) is 11.2 Å². The molecule has 4 heteroatoms. The van der Waals surface area contributed by atoms with E-state index in [0.717, 1.165) is 36.0 Å². The lowest BCUT2D eigenvalue weighted by molar-refractivity contribution is -0.130. The minimum absolute atomic E-state index is 0.157. The molecule has 0 radical (unpaired) electrons. The van der Waals surface area contributed by atoms with Crippen LogP contribution >= 0.6 is 0 Å². The molecule has 1 aromatic heterocycles. The Kier molecular flexibility index (Phi) is 3.72. The Bertz CT molecular complexity index is 669. The van der Waals surface area contributed by atoms with Crippen molar-refractivity contribution < 1.29 is 9.21 Å². The minimum atomic E-state index is 0.157. The first-order valence-electron chi connectivity index (χ1n) is 7.50. The summed E-state index contributed by atoms with van der Waals surface area (Å²) >= 11 is 0. The van der Waals surface area contributed by atoms with E-state index >= 15 is 0 Å². The molecule has 0 spiro atoms. The molecular weight excluding hydrogens is 264 g/mol. The van der Waals surface area contributed by atoms with Crippen molar-refractivity contribution in [3.8, 4) is 0 Å². The highest BCUT2D eigenvalue weighted by molar-refractivity contribution is 5.88. The molecule has 3 rings (SSSR count). The average Bonchev–Trinajstić information content (AvgIpc) is 3.10. The van der Waals surface area contributed by atoms with Crippen LogP contribution in [0.5, 0.6) is 0 Å². The van der Waals surface area contributed by atoms with Crippen LogP contribution in [0.1, 0.15) is 23.1 Å². The summed E-state index contributed by atoms with van der Waals surface area (Å²) in [6.07, 6.45) is 3.16. The Balaban J connectivity index is 1.81. The van der Waals surface area contributed by atoms with Crippen molar-refractivity contribution in [2.75, 3.05) is 20.1 Å².